The summed E-state index contributed by atoms with van der Waals surface area (Å²) in [5, 5.41) is 8.60. The summed E-state index contributed by atoms with van der Waals surface area (Å²) in [5.74, 6) is 7.10. The van der Waals surface area contributed by atoms with Crippen LogP contribution in [0.25, 0.3) is 5.70 Å². The normalized spacial score (nSPS) is 10.8. The predicted octanol–water partition coefficient (Wildman–Crippen LogP) is 1.35. The fourth-order valence-electron chi connectivity index (χ4n) is 1.59. The Bertz CT molecular complexity index is 545. The van der Waals surface area contributed by atoms with Gasteiger partial charge >= 0.3 is 6.85 Å². The van der Waals surface area contributed by atoms with Crippen molar-refractivity contribution in [2.45, 2.75) is 20.2 Å². The standard InChI is InChI=1S/C11H14BClFN5.CH5N/c1-3-8(19(17)12(2)6-15)10(16)7-4-5-18-11(13)9(7)14;1-2/h4-5H,3,16-17H2,1-2H3;2H2,1H3/b10-8-;. The maximum Gasteiger partial charge on any atom is 0.389 e. The van der Waals surface area contributed by atoms with Crippen LogP contribution in [0.4, 0.5) is 4.39 Å². The molecule has 6 N–H and O–H groups in total. The van der Waals surface area contributed by atoms with E-state index in [1.807, 2.05) is 12.9 Å². The lowest BCUT2D eigenvalue weighted by Gasteiger charge is -2.24. The second kappa shape index (κ2) is 9.18. The molecule has 1 aromatic rings. The molecule has 1 rings (SSSR count). The number of hydrogen-bond donors (Lipinski definition) is 3. The number of rotatable bonds is 4. The summed E-state index contributed by atoms with van der Waals surface area (Å²) in [6.45, 7) is 2.86. The van der Waals surface area contributed by atoms with E-state index >= 15 is 0 Å². The second-order valence-electron chi connectivity index (χ2n) is 3.89. The van der Waals surface area contributed by atoms with E-state index in [0.717, 1.165) is 0 Å². The topological polar surface area (TPSA) is 118 Å². The Morgan fingerprint density at radius 3 is 2.62 bits per heavy atom. The average molecular weight is 313 g/mol. The summed E-state index contributed by atoms with van der Waals surface area (Å²) in [6.07, 6.45) is 1.81. The van der Waals surface area contributed by atoms with E-state index < -0.39 is 12.7 Å². The summed E-state index contributed by atoms with van der Waals surface area (Å²) in [4.78, 5) is 4.84. The average Bonchev–Trinajstić information content (AvgIpc) is 2.51. The van der Waals surface area contributed by atoms with Gasteiger partial charge in [-0.25, -0.2) is 14.6 Å². The molecule has 1 aromatic heterocycles. The van der Waals surface area contributed by atoms with Crippen LogP contribution in [0.2, 0.25) is 12.0 Å². The molecule has 0 atom stereocenters. The van der Waals surface area contributed by atoms with E-state index in [9.17, 15) is 4.39 Å². The SMILES string of the molecule is CC/C(=C(/N)c1ccnc(Cl)c1F)N(N)B(C)C#N.CN. The second-order valence-corrected chi connectivity index (χ2v) is 4.25. The third-order valence-electron chi connectivity index (χ3n) is 2.70. The molecule has 21 heavy (non-hydrogen) atoms. The molecule has 0 aromatic carbocycles. The molecule has 0 saturated heterocycles. The van der Waals surface area contributed by atoms with Crippen LogP contribution in [0.5, 0.6) is 0 Å². The van der Waals surface area contributed by atoms with Gasteiger partial charge in [-0.05, 0) is 26.4 Å². The highest BCUT2D eigenvalue weighted by atomic mass is 35.5. The zero-order valence-electron chi connectivity index (χ0n) is 12.3. The monoisotopic (exact) mass is 312 g/mol. The van der Waals surface area contributed by atoms with Gasteiger partial charge < -0.3 is 16.4 Å². The quantitative estimate of drug-likeness (QED) is 0.334. The van der Waals surface area contributed by atoms with Gasteiger partial charge in [-0.3, -0.25) is 5.84 Å². The first-order chi connectivity index (χ1) is 9.93. The molecule has 0 bridgehead atoms. The number of nitrogens with two attached hydrogens (primary N) is 3. The maximum absolute atomic E-state index is 13.9. The van der Waals surface area contributed by atoms with Crippen LogP contribution in [-0.4, -0.2) is 23.8 Å². The van der Waals surface area contributed by atoms with Crippen molar-refractivity contribution < 1.29 is 4.39 Å². The molecule has 0 aliphatic carbocycles. The van der Waals surface area contributed by atoms with Crippen LogP contribution in [0.3, 0.4) is 0 Å². The van der Waals surface area contributed by atoms with Crippen molar-refractivity contribution in [3.63, 3.8) is 0 Å². The van der Waals surface area contributed by atoms with Crippen molar-refractivity contribution in [3.8, 4) is 5.97 Å². The molecular formula is C12H19BClFN6. The van der Waals surface area contributed by atoms with Gasteiger partial charge in [-0.2, -0.15) is 0 Å². The fraction of sp³-hybridized carbons (Fsp3) is 0.333. The highest BCUT2D eigenvalue weighted by Crippen LogP contribution is 2.23. The Hall–Kier alpha value is -1.82. The van der Waals surface area contributed by atoms with Gasteiger partial charge in [0.15, 0.2) is 11.0 Å². The van der Waals surface area contributed by atoms with E-state index in [1.165, 1.54) is 24.2 Å². The van der Waals surface area contributed by atoms with Gasteiger partial charge in [0.05, 0.1) is 5.70 Å². The Kier molecular flexibility index (Phi) is 8.39. The van der Waals surface area contributed by atoms with Crippen LogP contribution >= 0.6 is 11.6 Å². The summed E-state index contributed by atoms with van der Waals surface area (Å²) in [7, 11) is 1.50. The number of allylic oxidation sites excluding steroid dienone is 1. The van der Waals surface area contributed by atoms with Gasteiger partial charge in [-0.15, -0.1) is 0 Å². The minimum absolute atomic E-state index is 0.123. The third-order valence-corrected chi connectivity index (χ3v) is 2.96. The lowest BCUT2D eigenvalue weighted by atomic mass is 9.66. The van der Waals surface area contributed by atoms with E-state index in [0.29, 0.717) is 12.1 Å². The first kappa shape index (κ1) is 19.2. The molecule has 0 fully saturated rings. The van der Waals surface area contributed by atoms with Crippen molar-refractivity contribution in [1.29, 1.82) is 5.26 Å². The number of hydrazine groups is 1. The van der Waals surface area contributed by atoms with E-state index in [4.69, 9.17) is 28.4 Å². The van der Waals surface area contributed by atoms with E-state index in [2.05, 4.69) is 10.7 Å². The Morgan fingerprint density at radius 2 is 2.14 bits per heavy atom. The number of halogens is 2. The molecule has 0 saturated carbocycles. The minimum atomic E-state index is -0.703. The molecule has 0 aliphatic heterocycles. The minimum Gasteiger partial charge on any atom is -0.397 e. The van der Waals surface area contributed by atoms with Gasteiger partial charge in [0.1, 0.15) is 0 Å². The molecule has 0 unspecified atom stereocenters. The molecule has 114 valence electrons. The lowest BCUT2D eigenvalue weighted by molar-refractivity contribution is 0.548. The van der Waals surface area contributed by atoms with Crippen molar-refractivity contribution in [1.82, 2.24) is 9.90 Å². The summed E-state index contributed by atoms with van der Waals surface area (Å²) < 4.78 is 13.9. The van der Waals surface area contributed by atoms with Crippen LogP contribution in [0, 0.1) is 17.0 Å². The highest BCUT2D eigenvalue weighted by molar-refractivity contribution is 6.62. The molecular weight excluding hydrogens is 293 g/mol. The van der Waals surface area contributed by atoms with Crippen LogP contribution in [-0.2, 0) is 0 Å². The number of nitrogens with zero attached hydrogens (tertiary/aromatic N) is 3. The number of pyridine rings is 1. The molecule has 0 amide bonds. The first-order valence-corrected chi connectivity index (χ1v) is 6.62. The summed E-state index contributed by atoms with van der Waals surface area (Å²) in [5.41, 5.74) is 11.2. The molecule has 1 heterocycles. The van der Waals surface area contributed by atoms with E-state index in [-0.39, 0.29) is 16.4 Å². The Balaban J connectivity index is 0.00000191. The Labute approximate surface area is 129 Å². The zero-order chi connectivity index (χ0) is 16.6. The number of hydrogen-bond acceptors (Lipinski definition) is 6. The largest absolute Gasteiger partial charge is 0.397 e. The van der Waals surface area contributed by atoms with Gasteiger partial charge in [0.25, 0.3) is 0 Å². The number of nitriles is 1. The Morgan fingerprint density at radius 1 is 1.57 bits per heavy atom. The van der Waals surface area contributed by atoms with Crippen molar-refractivity contribution in [2.24, 2.45) is 17.3 Å². The molecule has 0 aliphatic rings. The highest BCUT2D eigenvalue weighted by Gasteiger charge is 2.21. The molecule has 0 spiro atoms. The first-order valence-electron chi connectivity index (χ1n) is 6.24. The van der Waals surface area contributed by atoms with Gasteiger partial charge in [-0.1, -0.05) is 18.5 Å². The van der Waals surface area contributed by atoms with Crippen molar-refractivity contribution in [3.05, 3.63) is 34.5 Å². The predicted molar refractivity (Wildman–Crippen MR) is 84.0 cm³/mol. The van der Waals surface area contributed by atoms with Crippen molar-refractivity contribution >= 4 is 24.1 Å². The summed E-state index contributed by atoms with van der Waals surface area (Å²) >= 11 is 5.61. The number of aromatic nitrogens is 1. The smallest absolute Gasteiger partial charge is 0.389 e. The van der Waals surface area contributed by atoms with E-state index in [1.54, 1.807) is 6.82 Å². The summed E-state index contributed by atoms with van der Waals surface area (Å²) in [6, 6.07) is 1.41. The maximum atomic E-state index is 13.9. The van der Waals surface area contributed by atoms with Crippen LogP contribution in [0.1, 0.15) is 18.9 Å². The van der Waals surface area contributed by atoms with Crippen LogP contribution < -0.4 is 17.3 Å². The van der Waals surface area contributed by atoms with Crippen molar-refractivity contribution in [2.75, 3.05) is 7.05 Å². The molecule has 6 nitrogen and oxygen atoms in total. The van der Waals surface area contributed by atoms with Crippen LogP contribution in [0.15, 0.2) is 18.0 Å². The zero-order valence-corrected chi connectivity index (χ0v) is 13.0. The van der Waals surface area contributed by atoms with Gasteiger partial charge in [0.2, 0.25) is 0 Å². The third kappa shape index (κ3) is 4.60. The van der Waals surface area contributed by atoms with Gasteiger partial charge in [0, 0.05) is 23.4 Å². The fourth-order valence-corrected chi connectivity index (χ4v) is 1.75. The molecule has 0 radical (unpaired) electrons. The molecule has 9 heteroatoms. The lowest BCUT2D eigenvalue weighted by Crippen LogP contribution is -2.42.